The van der Waals surface area contributed by atoms with Gasteiger partial charge in [-0.2, -0.15) is 5.26 Å². The highest BCUT2D eigenvalue weighted by Crippen LogP contribution is 2.25. The molecule has 0 aliphatic carbocycles. The first kappa shape index (κ1) is 12.2. The van der Waals surface area contributed by atoms with Crippen LogP contribution in [0.4, 0.5) is 0 Å². The van der Waals surface area contributed by atoms with Crippen molar-refractivity contribution in [3.8, 4) is 6.07 Å². The molecule has 4 heteroatoms. The van der Waals surface area contributed by atoms with Crippen LogP contribution in [0.15, 0.2) is 5.38 Å². The predicted octanol–water partition coefficient (Wildman–Crippen LogP) is 2.44. The molecule has 1 rings (SSSR count). The van der Waals surface area contributed by atoms with Crippen LogP contribution in [-0.2, 0) is 12.0 Å². The number of hydrogen-bond donors (Lipinski definition) is 1. The van der Waals surface area contributed by atoms with E-state index in [1.165, 1.54) is 0 Å². The smallest absolute Gasteiger partial charge is 0.113 e. The molecule has 0 aliphatic heterocycles. The number of thiazole rings is 1. The highest BCUT2D eigenvalue weighted by molar-refractivity contribution is 7.09. The quantitative estimate of drug-likeness (QED) is 0.853. The van der Waals surface area contributed by atoms with Crippen LogP contribution in [0.1, 0.15) is 38.4 Å². The molecule has 0 fully saturated rings. The Morgan fingerprint density at radius 2 is 2.27 bits per heavy atom. The van der Waals surface area contributed by atoms with Gasteiger partial charge < -0.3 is 5.32 Å². The van der Waals surface area contributed by atoms with Gasteiger partial charge in [0.1, 0.15) is 10.4 Å². The fraction of sp³-hybridized carbons (Fsp3) is 0.636. The van der Waals surface area contributed by atoms with Gasteiger partial charge in [-0.3, -0.25) is 0 Å². The summed E-state index contributed by atoms with van der Waals surface area (Å²) in [6.45, 7) is 8.77. The van der Waals surface area contributed by atoms with Crippen molar-refractivity contribution in [3.63, 3.8) is 0 Å². The summed E-state index contributed by atoms with van der Waals surface area (Å²) in [6.07, 6.45) is 0. The van der Waals surface area contributed by atoms with E-state index < -0.39 is 5.41 Å². The minimum absolute atomic E-state index is 0.458. The van der Waals surface area contributed by atoms with E-state index in [1.54, 1.807) is 11.3 Å². The summed E-state index contributed by atoms with van der Waals surface area (Å²) in [5.74, 6) is 0. The van der Waals surface area contributed by atoms with Gasteiger partial charge in [0, 0.05) is 18.0 Å². The first-order valence-corrected chi connectivity index (χ1v) is 5.93. The summed E-state index contributed by atoms with van der Waals surface area (Å²) < 4.78 is 0. The Bertz CT molecular complexity index is 360. The average Bonchev–Trinajstić information content (AvgIpc) is 2.63. The second kappa shape index (κ2) is 4.73. The van der Waals surface area contributed by atoms with E-state index in [2.05, 4.69) is 30.2 Å². The van der Waals surface area contributed by atoms with E-state index in [0.29, 0.717) is 6.04 Å². The average molecular weight is 223 g/mol. The molecule has 0 atom stereocenters. The summed E-state index contributed by atoms with van der Waals surface area (Å²) in [4.78, 5) is 4.46. The molecule has 0 saturated heterocycles. The third kappa shape index (κ3) is 3.29. The summed E-state index contributed by atoms with van der Waals surface area (Å²) in [6, 6.07) is 2.72. The highest BCUT2D eigenvalue weighted by Gasteiger charge is 2.23. The van der Waals surface area contributed by atoms with Crippen LogP contribution in [-0.4, -0.2) is 11.0 Å². The maximum Gasteiger partial charge on any atom is 0.113 e. The molecule has 0 bridgehead atoms. The highest BCUT2D eigenvalue weighted by atomic mass is 32.1. The minimum atomic E-state index is -0.471. The van der Waals surface area contributed by atoms with Crippen molar-refractivity contribution in [1.82, 2.24) is 10.3 Å². The lowest BCUT2D eigenvalue weighted by molar-refractivity contribution is 0.579. The fourth-order valence-electron chi connectivity index (χ4n) is 1.03. The Morgan fingerprint density at radius 3 is 2.80 bits per heavy atom. The monoisotopic (exact) mass is 223 g/mol. The molecule has 0 aromatic carbocycles. The van der Waals surface area contributed by atoms with E-state index in [4.69, 9.17) is 5.26 Å². The zero-order chi connectivity index (χ0) is 11.5. The number of rotatable bonds is 4. The van der Waals surface area contributed by atoms with Crippen LogP contribution in [0.3, 0.4) is 0 Å². The molecular weight excluding hydrogens is 206 g/mol. The standard InChI is InChI=1S/C11H17N3S/c1-8(2)13-5-9-6-15-10(14-9)11(3,4)7-12/h6,8,13H,5H2,1-4H3. The van der Waals surface area contributed by atoms with Gasteiger partial charge in [-0.25, -0.2) is 4.98 Å². The Hall–Kier alpha value is -0.920. The summed E-state index contributed by atoms with van der Waals surface area (Å²) >= 11 is 1.56. The van der Waals surface area contributed by atoms with Gasteiger partial charge >= 0.3 is 0 Å². The number of nitriles is 1. The third-order valence-corrected chi connectivity index (χ3v) is 3.27. The van der Waals surface area contributed by atoms with Crippen molar-refractivity contribution >= 4 is 11.3 Å². The van der Waals surface area contributed by atoms with Gasteiger partial charge in [-0.15, -0.1) is 11.3 Å². The van der Waals surface area contributed by atoms with Crippen molar-refractivity contribution in [1.29, 1.82) is 5.26 Å². The maximum absolute atomic E-state index is 8.98. The fourth-order valence-corrected chi connectivity index (χ4v) is 1.93. The lowest BCUT2D eigenvalue weighted by Gasteiger charge is -2.10. The molecule has 0 aliphatic rings. The number of nitrogens with one attached hydrogen (secondary N) is 1. The van der Waals surface area contributed by atoms with Crippen LogP contribution < -0.4 is 5.32 Å². The Labute approximate surface area is 95.2 Å². The van der Waals surface area contributed by atoms with E-state index >= 15 is 0 Å². The Morgan fingerprint density at radius 1 is 1.60 bits per heavy atom. The van der Waals surface area contributed by atoms with Gasteiger partial charge in [0.15, 0.2) is 0 Å². The molecule has 3 nitrogen and oxygen atoms in total. The molecule has 0 amide bonds. The van der Waals surface area contributed by atoms with Crippen LogP contribution >= 0.6 is 11.3 Å². The molecule has 1 N–H and O–H groups in total. The van der Waals surface area contributed by atoms with Gasteiger partial charge in [0.25, 0.3) is 0 Å². The molecular formula is C11H17N3S. The van der Waals surface area contributed by atoms with E-state index in [0.717, 1.165) is 17.2 Å². The lowest BCUT2D eigenvalue weighted by atomic mass is 9.97. The molecule has 82 valence electrons. The number of aromatic nitrogens is 1. The molecule has 0 spiro atoms. The molecule has 0 radical (unpaired) electrons. The van der Waals surface area contributed by atoms with Crippen LogP contribution in [0, 0.1) is 11.3 Å². The zero-order valence-corrected chi connectivity index (χ0v) is 10.5. The summed E-state index contributed by atoms with van der Waals surface area (Å²) in [7, 11) is 0. The SMILES string of the molecule is CC(C)NCc1csc(C(C)(C)C#N)n1. The topological polar surface area (TPSA) is 48.7 Å². The number of hydrogen-bond acceptors (Lipinski definition) is 4. The van der Waals surface area contributed by atoms with E-state index in [-0.39, 0.29) is 0 Å². The molecule has 1 aromatic rings. The maximum atomic E-state index is 8.98. The first-order valence-electron chi connectivity index (χ1n) is 5.05. The normalized spacial score (nSPS) is 11.7. The molecule has 1 heterocycles. The van der Waals surface area contributed by atoms with Crippen molar-refractivity contribution in [3.05, 3.63) is 16.1 Å². The molecule has 15 heavy (non-hydrogen) atoms. The van der Waals surface area contributed by atoms with Crippen LogP contribution in [0.25, 0.3) is 0 Å². The summed E-state index contributed by atoms with van der Waals surface area (Å²) in [5, 5.41) is 15.2. The Balaban J connectivity index is 2.69. The molecule has 0 saturated carbocycles. The predicted molar refractivity (Wildman–Crippen MR) is 62.7 cm³/mol. The van der Waals surface area contributed by atoms with Crippen molar-refractivity contribution in [2.24, 2.45) is 0 Å². The van der Waals surface area contributed by atoms with Gasteiger partial charge in [0.2, 0.25) is 0 Å². The van der Waals surface area contributed by atoms with Crippen LogP contribution in [0.5, 0.6) is 0 Å². The van der Waals surface area contributed by atoms with Crippen molar-refractivity contribution in [2.75, 3.05) is 0 Å². The summed E-state index contributed by atoms with van der Waals surface area (Å²) in [5.41, 5.74) is 0.549. The minimum Gasteiger partial charge on any atom is -0.309 e. The second-order valence-corrected chi connectivity index (χ2v) is 5.27. The first-order chi connectivity index (χ1) is 6.95. The van der Waals surface area contributed by atoms with Gasteiger partial charge in [-0.1, -0.05) is 13.8 Å². The zero-order valence-electron chi connectivity index (χ0n) is 9.66. The third-order valence-electron chi connectivity index (χ3n) is 2.06. The molecule has 0 unspecified atom stereocenters. The number of nitrogens with zero attached hydrogens (tertiary/aromatic N) is 2. The van der Waals surface area contributed by atoms with Crippen LogP contribution in [0.2, 0.25) is 0 Å². The van der Waals surface area contributed by atoms with Crippen molar-refractivity contribution < 1.29 is 0 Å². The molecule has 1 aromatic heterocycles. The van der Waals surface area contributed by atoms with E-state index in [9.17, 15) is 0 Å². The second-order valence-electron chi connectivity index (χ2n) is 4.42. The van der Waals surface area contributed by atoms with Gasteiger partial charge in [-0.05, 0) is 13.8 Å². The van der Waals surface area contributed by atoms with Gasteiger partial charge in [0.05, 0.1) is 11.8 Å². The van der Waals surface area contributed by atoms with E-state index in [1.807, 2.05) is 19.2 Å². The van der Waals surface area contributed by atoms with Crippen molar-refractivity contribution in [2.45, 2.75) is 45.7 Å². The largest absolute Gasteiger partial charge is 0.309 e. The lowest BCUT2D eigenvalue weighted by Crippen LogP contribution is -2.22. The Kier molecular flexibility index (Phi) is 3.83.